The van der Waals surface area contributed by atoms with E-state index in [1.54, 1.807) is 34.7 Å². The standard InChI is InChI=1S/C23H13Cl2FN2O2S/c24-16-9-14(10-17(25)21(16)30-12-13-5-7-15(26)8-6-13)11-20-22(29)28-19-4-2-1-3-18(19)27-23(28)31-20/h1-11H,12H2/b20-11-. The molecule has 4 nitrogen and oxygen atoms in total. The van der Waals surface area contributed by atoms with Crippen LogP contribution in [0.5, 0.6) is 5.75 Å². The van der Waals surface area contributed by atoms with Crippen LogP contribution < -0.4 is 14.8 Å². The average molecular weight is 471 g/mol. The molecule has 0 unspecified atom stereocenters. The van der Waals surface area contributed by atoms with Gasteiger partial charge >= 0.3 is 0 Å². The van der Waals surface area contributed by atoms with E-state index in [1.165, 1.54) is 23.5 Å². The van der Waals surface area contributed by atoms with Crippen molar-refractivity contribution >= 4 is 56.6 Å². The highest BCUT2D eigenvalue weighted by Crippen LogP contribution is 2.35. The summed E-state index contributed by atoms with van der Waals surface area (Å²) in [6.45, 7) is 0.197. The van der Waals surface area contributed by atoms with E-state index < -0.39 is 0 Å². The van der Waals surface area contributed by atoms with Gasteiger partial charge in [0.25, 0.3) is 5.56 Å². The Balaban J connectivity index is 1.48. The number of thiazole rings is 1. The number of benzene rings is 3. The van der Waals surface area contributed by atoms with Crippen LogP contribution in [-0.4, -0.2) is 9.38 Å². The van der Waals surface area contributed by atoms with E-state index in [0.29, 0.717) is 30.9 Å². The molecule has 0 aliphatic heterocycles. The SMILES string of the molecule is O=c1/c(=C/c2cc(Cl)c(OCc3ccc(F)cc3)c(Cl)c2)sc2nc3ccccc3n12. The number of ether oxygens (including phenoxy) is 1. The maximum atomic E-state index is 13.0. The van der Waals surface area contributed by atoms with Gasteiger partial charge in [0.1, 0.15) is 12.4 Å². The Bertz CT molecular complexity index is 1520. The van der Waals surface area contributed by atoms with Crippen LogP contribution in [0.3, 0.4) is 0 Å². The molecule has 2 heterocycles. The first kappa shape index (κ1) is 20.0. The topological polar surface area (TPSA) is 43.6 Å². The van der Waals surface area contributed by atoms with Crippen molar-refractivity contribution in [1.82, 2.24) is 9.38 Å². The smallest absolute Gasteiger partial charge is 0.274 e. The molecule has 0 radical (unpaired) electrons. The van der Waals surface area contributed by atoms with Gasteiger partial charge in [0.05, 0.1) is 25.6 Å². The molecule has 0 aliphatic carbocycles. The molecule has 8 heteroatoms. The van der Waals surface area contributed by atoms with Crippen molar-refractivity contribution in [2.24, 2.45) is 0 Å². The lowest BCUT2D eigenvalue weighted by Crippen LogP contribution is -2.22. The molecule has 0 fully saturated rings. The Kier molecular flexibility index (Phi) is 5.14. The van der Waals surface area contributed by atoms with Crippen LogP contribution in [0.2, 0.25) is 10.0 Å². The van der Waals surface area contributed by atoms with E-state index in [9.17, 15) is 9.18 Å². The van der Waals surface area contributed by atoms with Crippen LogP contribution in [0.25, 0.3) is 22.1 Å². The first-order valence-corrected chi connectivity index (χ1v) is 10.8. The van der Waals surface area contributed by atoms with Gasteiger partial charge in [-0.1, -0.05) is 58.8 Å². The van der Waals surface area contributed by atoms with Crippen LogP contribution in [-0.2, 0) is 6.61 Å². The Morgan fingerprint density at radius 3 is 2.52 bits per heavy atom. The molecule has 5 aromatic rings. The fourth-order valence-corrected chi connectivity index (χ4v) is 4.90. The summed E-state index contributed by atoms with van der Waals surface area (Å²) in [5.41, 5.74) is 2.88. The summed E-state index contributed by atoms with van der Waals surface area (Å²) in [5, 5.41) is 0.639. The molecule has 2 aromatic heterocycles. The fourth-order valence-electron chi connectivity index (χ4n) is 3.30. The van der Waals surface area contributed by atoms with E-state index >= 15 is 0 Å². The third-order valence-corrected chi connectivity index (χ3v) is 6.29. The molecule has 0 aliphatic rings. The van der Waals surface area contributed by atoms with Crippen LogP contribution >= 0.6 is 34.5 Å². The number of hydrogen-bond acceptors (Lipinski definition) is 4. The summed E-state index contributed by atoms with van der Waals surface area (Å²) >= 11 is 14.1. The van der Waals surface area contributed by atoms with Gasteiger partial charge in [-0.15, -0.1) is 0 Å². The number of fused-ring (bicyclic) bond motifs is 3. The molecule has 0 saturated heterocycles. The van der Waals surface area contributed by atoms with Gasteiger partial charge in [0, 0.05) is 0 Å². The zero-order valence-corrected chi connectivity index (χ0v) is 18.1. The molecule has 3 aromatic carbocycles. The first-order chi connectivity index (χ1) is 15.0. The van der Waals surface area contributed by atoms with Gasteiger partial charge in [-0.05, 0) is 53.6 Å². The van der Waals surface area contributed by atoms with E-state index in [-0.39, 0.29) is 18.0 Å². The zero-order valence-electron chi connectivity index (χ0n) is 15.8. The van der Waals surface area contributed by atoms with E-state index in [1.807, 2.05) is 24.3 Å². The number of aromatic nitrogens is 2. The molecule has 0 atom stereocenters. The summed E-state index contributed by atoms with van der Waals surface area (Å²) in [7, 11) is 0. The minimum absolute atomic E-state index is 0.141. The van der Waals surface area contributed by atoms with E-state index in [0.717, 1.165) is 16.6 Å². The molecule has 31 heavy (non-hydrogen) atoms. The van der Waals surface area contributed by atoms with Crippen molar-refractivity contribution in [2.45, 2.75) is 6.61 Å². The van der Waals surface area contributed by atoms with Crippen molar-refractivity contribution in [3.63, 3.8) is 0 Å². The molecule has 5 rings (SSSR count). The number of nitrogens with zero attached hydrogens (tertiary/aromatic N) is 2. The Hall–Kier alpha value is -2.93. The van der Waals surface area contributed by atoms with Crippen molar-refractivity contribution in [2.75, 3.05) is 0 Å². The Labute approximate surface area is 189 Å². The highest BCUT2D eigenvalue weighted by Gasteiger charge is 2.13. The quantitative estimate of drug-likeness (QED) is 0.349. The molecule has 0 N–H and O–H groups in total. The summed E-state index contributed by atoms with van der Waals surface area (Å²) in [6.07, 6.45) is 1.73. The minimum Gasteiger partial charge on any atom is -0.486 e. The second-order valence-corrected chi connectivity index (χ2v) is 8.69. The predicted molar refractivity (Wildman–Crippen MR) is 123 cm³/mol. The largest absolute Gasteiger partial charge is 0.486 e. The van der Waals surface area contributed by atoms with Gasteiger partial charge in [0.2, 0.25) is 0 Å². The van der Waals surface area contributed by atoms with Crippen LogP contribution in [0.15, 0.2) is 65.5 Å². The van der Waals surface area contributed by atoms with Crippen molar-refractivity contribution in [1.29, 1.82) is 0 Å². The normalized spacial score (nSPS) is 12.2. The molecule has 0 bridgehead atoms. The number of rotatable bonds is 4. The summed E-state index contributed by atoms with van der Waals surface area (Å²) in [5.74, 6) is 0.0191. The molecule has 0 spiro atoms. The van der Waals surface area contributed by atoms with Gasteiger partial charge in [0.15, 0.2) is 10.7 Å². The van der Waals surface area contributed by atoms with Crippen molar-refractivity contribution < 1.29 is 9.13 Å². The average Bonchev–Trinajstić information content (AvgIpc) is 3.25. The molecular weight excluding hydrogens is 458 g/mol. The predicted octanol–water partition coefficient (Wildman–Crippen LogP) is 5.48. The minimum atomic E-state index is -0.313. The van der Waals surface area contributed by atoms with Gasteiger partial charge in [-0.3, -0.25) is 4.79 Å². The van der Waals surface area contributed by atoms with Crippen LogP contribution in [0.1, 0.15) is 11.1 Å². The molecule has 0 amide bonds. The first-order valence-electron chi connectivity index (χ1n) is 9.27. The summed E-state index contributed by atoms with van der Waals surface area (Å²) < 4.78 is 20.9. The van der Waals surface area contributed by atoms with Crippen LogP contribution in [0.4, 0.5) is 4.39 Å². The van der Waals surface area contributed by atoms with Crippen LogP contribution in [0, 0.1) is 5.82 Å². The van der Waals surface area contributed by atoms with Gasteiger partial charge < -0.3 is 4.74 Å². The lowest BCUT2D eigenvalue weighted by Gasteiger charge is -2.11. The third kappa shape index (κ3) is 3.78. The Morgan fingerprint density at radius 1 is 1.06 bits per heavy atom. The summed E-state index contributed by atoms with van der Waals surface area (Å²) in [6, 6.07) is 16.9. The lowest BCUT2D eigenvalue weighted by atomic mass is 10.2. The highest BCUT2D eigenvalue weighted by molar-refractivity contribution is 7.15. The van der Waals surface area contributed by atoms with Crippen molar-refractivity contribution in [3.05, 3.63) is 103 Å². The second-order valence-electron chi connectivity index (χ2n) is 6.86. The van der Waals surface area contributed by atoms with Gasteiger partial charge in [-0.25, -0.2) is 13.8 Å². The fraction of sp³-hybridized carbons (Fsp3) is 0.0435. The Morgan fingerprint density at radius 2 is 1.77 bits per heavy atom. The molecule has 0 saturated carbocycles. The number of imidazole rings is 1. The zero-order chi connectivity index (χ0) is 21.5. The summed E-state index contributed by atoms with van der Waals surface area (Å²) in [4.78, 5) is 18.1. The van der Waals surface area contributed by atoms with E-state index in [2.05, 4.69) is 4.98 Å². The van der Waals surface area contributed by atoms with Gasteiger partial charge in [-0.2, -0.15) is 0 Å². The van der Waals surface area contributed by atoms with Crippen molar-refractivity contribution in [3.8, 4) is 5.75 Å². The molecule has 154 valence electrons. The maximum absolute atomic E-state index is 13.0. The highest BCUT2D eigenvalue weighted by atomic mass is 35.5. The number of halogens is 3. The third-order valence-electron chi connectivity index (χ3n) is 4.76. The lowest BCUT2D eigenvalue weighted by molar-refractivity contribution is 0.306. The molecular formula is C23H13Cl2FN2O2S. The number of hydrogen-bond donors (Lipinski definition) is 0. The second kappa shape index (κ2) is 7.96. The van der Waals surface area contributed by atoms with E-state index in [4.69, 9.17) is 27.9 Å². The monoisotopic (exact) mass is 470 g/mol. The maximum Gasteiger partial charge on any atom is 0.274 e. The number of para-hydroxylation sites is 2.